The van der Waals surface area contributed by atoms with Gasteiger partial charge in [-0.3, -0.25) is 4.79 Å². The summed E-state index contributed by atoms with van der Waals surface area (Å²) in [6, 6.07) is 16.5. The van der Waals surface area contributed by atoms with Crippen molar-refractivity contribution in [2.45, 2.75) is 25.9 Å². The summed E-state index contributed by atoms with van der Waals surface area (Å²) in [7, 11) is 1.68. The number of fused-ring (bicyclic) bond motifs is 4. The largest absolute Gasteiger partial charge is 0.497 e. The van der Waals surface area contributed by atoms with Crippen molar-refractivity contribution >= 4 is 27.7 Å². The van der Waals surface area contributed by atoms with Crippen LogP contribution >= 0.6 is 0 Å². The Labute approximate surface area is 163 Å². The number of carbonyl (C=O) groups is 1. The van der Waals surface area contributed by atoms with E-state index in [9.17, 15) is 4.79 Å². The summed E-state index contributed by atoms with van der Waals surface area (Å²) in [5.41, 5.74) is 4.75. The van der Waals surface area contributed by atoms with Gasteiger partial charge in [-0.25, -0.2) is 0 Å². The number of rotatable bonds is 4. The average Bonchev–Trinajstić information content (AvgIpc) is 3.32. The first-order chi connectivity index (χ1) is 13.7. The molecule has 1 amide bonds. The Hall–Kier alpha value is -3.21. The number of aromatic nitrogens is 2. The molecule has 0 unspecified atom stereocenters. The standard InChI is InChI=1S/C23H23N3O2/c1-28-17-6-7-20-18(14-17)19-15-26(12-9-21(19)24-20)23(27)10-13-25-11-8-16-4-2-3-5-22(16)25/h2-8,11,14,24H,9-10,12-13,15H2,1H3. The van der Waals surface area contributed by atoms with Crippen LogP contribution in [0, 0.1) is 0 Å². The van der Waals surface area contributed by atoms with Crippen LogP contribution < -0.4 is 4.74 Å². The lowest BCUT2D eigenvalue weighted by atomic mass is 10.0. The van der Waals surface area contributed by atoms with Crippen LogP contribution in [0.25, 0.3) is 21.8 Å². The third kappa shape index (κ3) is 2.83. The molecule has 0 saturated carbocycles. The van der Waals surface area contributed by atoms with Gasteiger partial charge in [0, 0.05) is 66.3 Å². The van der Waals surface area contributed by atoms with Crippen LogP contribution in [0.15, 0.2) is 54.7 Å². The van der Waals surface area contributed by atoms with E-state index in [0.29, 0.717) is 19.5 Å². The van der Waals surface area contributed by atoms with Gasteiger partial charge < -0.3 is 19.2 Å². The molecule has 5 rings (SSSR count). The first-order valence-corrected chi connectivity index (χ1v) is 9.72. The van der Waals surface area contributed by atoms with Gasteiger partial charge >= 0.3 is 0 Å². The number of carbonyl (C=O) groups excluding carboxylic acids is 1. The summed E-state index contributed by atoms with van der Waals surface area (Å²) in [6.07, 6.45) is 3.45. The van der Waals surface area contributed by atoms with E-state index in [-0.39, 0.29) is 5.91 Å². The number of nitrogens with zero attached hydrogens (tertiary/aromatic N) is 2. The van der Waals surface area contributed by atoms with E-state index < -0.39 is 0 Å². The van der Waals surface area contributed by atoms with Crippen molar-refractivity contribution in [3.05, 3.63) is 66.0 Å². The maximum absolute atomic E-state index is 12.9. The van der Waals surface area contributed by atoms with Crippen LogP contribution in [0.1, 0.15) is 17.7 Å². The Morgan fingerprint density at radius 1 is 1.18 bits per heavy atom. The molecule has 0 saturated heterocycles. The van der Waals surface area contributed by atoms with Gasteiger partial charge in [-0.2, -0.15) is 0 Å². The topological polar surface area (TPSA) is 50.3 Å². The van der Waals surface area contributed by atoms with E-state index in [0.717, 1.165) is 29.6 Å². The van der Waals surface area contributed by atoms with E-state index in [4.69, 9.17) is 4.74 Å². The molecule has 0 atom stereocenters. The van der Waals surface area contributed by atoms with Crippen molar-refractivity contribution in [2.24, 2.45) is 0 Å². The van der Waals surface area contributed by atoms with Gasteiger partial charge in [0.05, 0.1) is 7.11 Å². The summed E-state index contributed by atoms with van der Waals surface area (Å²) in [5.74, 6) is 1.05. The Kier molecular flexibility index (Phi) is 4.08. The van der Waals surface area contributed by atoms with Crippen molar-refractivity contribution in [3.8, 4) is 5.75 Å². The quantitative estimate of drug-likeness (QED) is 0.585. The molecule has 5 nitrogen and oxygen atoms in total. The molecule has 2 aromatic heterocycles. The predicted molar refractivity (Wildman–Crippen MR) is 111 cm³/mol. The molecular weight excluding hydrogens is 350 g/mol. The van der Waals surface area contributed by atoms with Gasteiger partial charge in [0.2, 0.25) is 5.91 Å². The highest BCUT2D eigenvalue weighted by molar-refractivity contribution is 5.87. The zero-order valence-electron chi connectivity index (χ0n) is 15.9. The van der Waals surface area contributed by atoms with Crippen molar-refractivity contribution < 1.29 is 9.53 Å². The van der Waals surface area contributed by atoms with Crippen LogP contribution in [-0.4, -0.2) is 34.0 Å². The minimum Gasteiger partial charge on any atom is -0.497 e. The highest BCUT2D eigenvalue weighted by Gasteiger charge is 2.24. The van der Waals surface area contributed by atoms with Crippen LogP contribution in [0.2, 0.25) is 0 Å². The molecule has 142 valence electrons. The number of H-pyrrole nitrogens is 1. The first-order valence-electron chi connectivity index (χ1n) is 9.72. The molecule has 2 aromatic carbocycles. The molecule has 1 aliphatic heterocycles. The fourth-order valence-corrected chi connectivity index (χ4v) is 4.24. The van der Waals surface area contributed by atoms with Gasteiger partial charge in [0.1, 0.15) is 5.75 Å². The molecule has 1 N–H and O–H groups in total. The summed E-state index contributed by atoms with van der Waals surface area (Å²) >= 11 is 0. The number of para-hydroxylation sites is 1. The minimum atomic E-state index is 0.209. The Bertz CT molecular complexity index is 1170. The van der Waals surface area contributed by atoms with Crippen molar-refractivity contribution in [3.63, 3.8) is 0 Å². The Morgan fingerprint density at radius 2 is 2.07 bits per heavy atom. The molecule has 0 radical (unpaired) electrons. The lowest BCUT2D eigenvalue weighted by molar-refractivity contribution is -0.132. The van der Waals surface area contributed by atoms with Crippen LogP contribution in [-0.2, 0) is 24.3 Å². The number of amides is 1. The normalized spacial score (nSPS) is 13.8. The molecular formula is C23H23N3O2. The molecule has 4 aromatic rings. The minimum absolute atomic E-state index is 0.209. The lowest BCUT2D eigenvalue weighted by Crippen LogP contribution is -2.36. The molecule has 0 fully saturated rings. The summed E-state index contributed by atoms with van der Waals surface area (Å²) in [6.45, 7) is 2.13. The highest BCUT2D eigenvalue weighted by Crippen LogP contribution is 2.30. The first kappa shape index (κ1) is 16.9. The third-order valence-electron chi connectivity index (χ3n) is 5.78. The maximum Gasteiger partial charge on any atom is 0.224 e. The van der Waals surface area contributed by atoms with Gasteiger partial charge in [-0.15, -0.1) is 0 Å². The van der Waals surface area contributed by atoms with Crippen LogP contribution in [0.5, 0.6) is 5.75 Å². The number of aryl methyl sites for hydroxylation is 1. The van der Waals surface area contributed by atoms with Crippen molar-refractivity contribution in [2.75, 3.05) is 13.7 Å². The summed E-state index contributed by atoms with van der Waals surface area (Å²) in [4.78, 5) is 18.4. The molecule has 1 aliphatic rings. The van der Waals surface area contributed by atoms with Gasteiger partial charge in [0.15, 0.2) is 0 Å². The predicted octanol–water partition coefficient (Wildman–Crippen LogP) is 4.11. The fraction of sp³-hybridized carbons (Fsp3) is 0.261. The lowest BCUT2D eigenvalue weighted by Gasteiger charge is -2.27. The van der Waals surface area contributed by atoms with Crippen molar-refractivity contribution in [1.82, 2.24) is 14.5 Å². The van der Waals surface area contributed by atoms with E-state index in [1.165, 1.54) is 22.2 Å². The van der Waals surface area contributed by atoms with E-state index in [1.54, 1.807) is 7.11 Å². The number of aromatic amines is 1. The molecule has 3 heterocycles. The third-order valence-corrected chi connectivity index (χ3v) is 5.78. The summed E-state index contributed by atoms with van der Waals surface area (Å²) in [5, 5.41) is 2.37. The second-order valence-corrected chi connectivity index (χ2v) is 7.38. The molecule has 0 spiro atoms. The van der Waals surface area contributed by atoms with E-state index in [1.807, 2.05) is 23.1 Å². The zero-order chi connectivity index (χ0) is 19.1. The second-order valence-electron chi connectivity index (χ2n) is 7.38. The number of nitrogens with one attached hydrogen (secondary N) is 1. The van der Waals surface area contributed by atoms with Gasteiger partial charge in [-0.1, -0.05) is 18.2 Å². The van der Waals surface area contributed by atoms with Crippen LogP contribution in [0.3, 0.4) is 0 Å². The number of ether oxygens (including phenoxy) is 1. The maximum atomic E-state index is 12.9. The van der Waals surface area contributed by atoms with Gasteiger partial charge in [-0.05, 0) is 35.7 Å². The second kappa shape index (κ2) is 6.75. The number of benzene rings is 2. The monoisotopic (exact) mass is 373 g/mol. The zero-order valence-corrected chi connectivity index (χ0v) is 15.9. The molecule has 0 aliphatic carbocycles. The fourth-order valence-electron chi connectivity index (χ4n) is 4.24. The molecule has 0 bridgehead atoms. The summed E-state index contributed by atoms with van der Waals surface area (Å²) < 4.78 is 7.54. The van der Waals surface area contributed by atoms with E-state index in [2.05, 4.69) is 46.1 Å². The van der Waals surface area contributed by atoms with Crippen molar-refractivity contribution in [1.29, 1.82) is 0 Å². The number of hydrogen-bond acceptors (Lipinski definition) is 2. The van der Waals surface area contributed by atoms with Gasteiger partial charge in [0.25, 0.3) is 0 Å². The Balaban J connectivity index is 1.33. The molecule has 28 heavy (non-hydrogen) atoms. The SMILES string of the molecule is COc1ccc2[nH]c3c(c2c1)CN(C(=O)CCn1ccc2ccccc21)CC3. The number of methoxy groups -OCH3 is 1. The van der Waals surface area contributed by atoms with Crippen LogP contribution in [0.4, 0.5) is 0 Å². The average molecular weight is 373 g/mol. The molecule has 5 heteroatoms. The highest BCUT2D eigenvalue weighted by atomic mass is 16.5. The smallest absolute Gasteiger partial charge is 0.224 e. The van der Waals surface area contributed by atoms with E-state index >= 15 is 0 Å². The Morgan fingerprint density at radius 3 is 2.96 bits per heavy atom. The number of hydrogen-bond donors (Lipinski definition) is 1.